The number of hydrogen-bond donors (Lipinski definition) is 1. The van der Waals surface area contributed by atoms with Crippen LogP contribution < -0.4 is 10.9 Å². The van der Waals surface area contributed by atoms with E-state index in [9.17, 15) is 9.59 Å². The highest BCUT2D eigenvalue weighted by Crippen LogP contribution is 2.18. The van der Waals surface area contributed by atoms with Crippen molar-refractivity contribution in [3.8, 4) is 0 Å². The number of esters is 1. The predicted octanol–water partition coefficient (Wildman–Crippen LogP) is 1.87. The largest absolute Gasteiger partial charge is 0.466 e. The lowest BCUT2D eigenvalue weighted by Crippen LogP contribution is -2.46. The quantitative estimate of drug-likeness (QED) is 0.324. The van der Waals surface area contributed by atoms with Crippen LogP contribution in [0.4, 0.5) is 0 Å². The van der Waals surface area contributed by atoms with Crippen LogP contribution in [0.5, 0.6) is 0 Å². The van der Waals surface area contributed by atoms with Crippen molar-refractivity contribution in [2.24, 2.45) is 10.9 Å². The molecule has 0 radical (unpaired) electrons. The molecule has 1 aromatic heterocycles. The van der Waals surface area contributed by atoms with Crippen molar-refractivity contribution in [2.75, 3.05) is 32.8 Å². The van der Waals surface area contributed by atoms with Gasteiger partial charge in [0, 0.05) is 45.0 Å². The molecule has 0 aromatic carbocycles. The summed E-state index contributed by atoms with van der Waals surface area (Å²) in [6.07, 6.45) is 5.27. The Hall–Kier alpha value is -2.31. The second-order valence-electron chi connectivity index (χ2n) is 6.69. The number of guanidine groups is 1. The molecule has 1 N–H and O–H groups in total. The number of pyridine rings is 1. The Balaban J connectivity index is 1.78. The van der Waals surface area contributed by atoms with Gasteiger partial charge in [-0.05, 0) is 45.6 Å². The number of aromatic nitrogens is 1. The van der Waals surface area contributed by atoms with Gasteiger partial charge in [-0.1, -0.05) is 6.07 Å². The summed E-state index contributed by atoms with van der Waals surface area (Å²) >= 11 is 0. The number of piperidine rings is 1. The monoisotopic (exact) mass is 376 g/mol. The van der Waals surface area contributed by atoms with Crippen LogP contribution in [0.25, 0.3) is 0 Å². The van der Waals surface area contributed by atoms with E-state index in [0.29, 0.717) is 6.61 Å². The Kier molecular flexibility index (Phi) is 8.87. The minimum atomic E-state index is -0.0738. The van der Waals surface area contributed by atoms with Crippen molar-refractivity contribution in [1.29, 1.82) is 0 Å². The summed E-state index contributed by atoms with van der Waals surface area (Å²) in [5.41, 5.74) is 0.0406. The molecule has 2 heterocycles. The van der Waals surface area contributed by atoms with Gasteiger partial charge in [0.15, 0.2) is 5.96 Å². The van der Waals surface area contributed by atoms with E-state index in [-0.39, 0.29) is 17.4 Å². The number of nitrogens with zero attached hydrogens (tertiary/aromatic N) is 3. The fourth-order valence-electron chi connectivity index (χ4n) is 3.24. The van der Waals surface area contributed by atoms with E-state index in [2.05, 4.69) is 17.1 Å². The van der Waals surface area contributed by atoms with Gasteiger partial charge in [0.25, 0.3) is 0 Å². The molecule has 7 nitrogen and oxygen atoms in total. The molecule has 1 aromatic rings. The zero-order chi connectivity index (χ0) is 19.5. The first-order chi connectivity index (χ1) is 13.2. The van der Waals surface area contributed by atoms with Gasteiger partial charge in [-0.25, -0.2) is 0 Å². The number of likely N-dealkylation sites (tertiary alicyclic amines) is 1. The SMILES string of the molecule is CCNC(=NCCCCn1ccccc1=O)N1CCC(C(=O)OCC)CC1. The summed E-state index contributed by atoms with van der Waals surface area (Å²) in [6, 6.07) is 5.22. The minimum Gasteiger partial charge on any atom is -0.466 e. The summed E-state index contributed by atoms with van der Waals surface area (Å²) in [6.45, 7) is 8.23. The second-order valence-corrected chi connectivity index (χ2v) is 6.69. The third kappa shape index (κ3) is 6.73. The van der Waals surface area contributed by atoms with E-state index in [4.69, 9.17) is 9.73 Å². The second kappa shape index (κ2) is 11.4. The summed E-state index contributed by atoms with van der Waals surface area (Å²) < 4.78 is 6.86. The molecule has 0 saturated carbocycles. The van der Waals surface area contributed by atoms with Gasteiger partial charge in [-0.2, -0.15) is 0 Å². The zero-order valence-corrected chi connectivity index (χ0v) is 16.5. The van der Waals surface area contributed by atoms with E-state index in [0.717, 1.165) is 64.4 Å². The zero-order valence-electron chi connectivity index (χ0n) is 16.5. The molecule has 7 heteroatoms. The number of ether oxygens (including phenoxy) is 1. The number of aryl methyl sites for hydroxylation is 1. The maximum Gasteiger partial charge on any atom is 0.309 e. The van der Waals surface area contributed by atoms with Crippen LogP contribution in [0.15, 0.2) is 34.2 Å². The molecule has 150 valence electrons. The first kappa shape index (κ1) is 21.0. The first-order valence-corrected chi connectivity index (χ1v) is 10.0. The molecule has 1 saturated heterocycles. The van der Waals surface area contributed by atoms with E-state index in [1.54, 1.807) is 16.7 Å². The standard InChI is InChI=1S/C20H32N4O3/c1-3-21-20(24-15-10-17(11-16-24)19(26)27-4-2)22-12-6-8-14-23-13-7-5-9-18(23)25/h5,7,9,13,17H,3-4,6,8,10-12,14-16H2,1-2H3,(H,21,22). The van der Waals surface area contributed by atoms with Crippen molar-refractivity contribution in [3.63, 3.8) is 0 Å². The average molecular weight is 377 g/mol. The molecule has 0 aliphatic carbocycles. The molecule has 0 bridgehead atoms. The Bertz CT molecular complexity index is 663. The molecule has 2 rings (SSSR count). The van der Waals surface area contributed by atoms with Gasteiger partial charge < -0.3 is 19.5 Å². The maximum atomic E-state index is 11.9. The van der Waals surface area contributed by atoms with Crippen LogP contribution in [-0.4, -0.2) is 54.2 Å². The summed E-state index contributed by atoms with van der Waals surface area (Å²) in [5, 5.41) is 3.34. The van der Waals surface area contributed by atoms with E-state index >= 15 is 0 Å². The van der Waals surface area contributed by atoms with Gasteiger partial charge in [-0.15, -0.1) is 0 Å². The van der Waals surface area contributed by atoms with Crippen LogP contribution in [0.1, 0.15) is 39.5 Å². The van der Waals surface area contributed by atoms with Crippen LogP contribution in [0.3, 0.4) is 0 Å². The summed E-state index contributed by atoms with van der Waals surface area (Å²) in [5.74, 6) is 0.847. The van der Waals surface area contributed by atoms with Gasteiger partial charge in [0.2, 0.25) is 5.56 Å². The Labute approximate surface area is 161 Å². The highest BCUT2D eigenvalue weighted by Gasteiger charge is 2.27. The highest BCUT2D eigenvalue weighted by atomic mass is 16.5. The summed E-state index contributed by atoms with van der Waals surface area (Å²) in [7, 11) is 0. The van der Waals surface area contributed by atoms with Crippen molar-refractivity contribution < 1.29 is 9.53 Å². The molecule has 0 atom stereocenters. The van der Waals surface area contributed by atoms with E-state index in [1.807, 2.05) is 19.2 Å². The Morgan fingerprint density at radius 2 is 2.04 bits per heavy atom. The Morgan fingerprint density at radius 3 is 2.70 bits per heavy atom. The first-order valence-electron chi connectivity index (χ1n) is 10.0. The van der Waals surface area contributed by atoms with Gasteiger partial charge in [-0.3, -0.25) is 14.6 Å². The number of hydrogen-bond acceptors (Lipinski definition) is 4. The topological polar surface area (TPSA) is 75.9 Å². The van der Waals surface area contributed by atoms with Crippen LogP contribution in [0, 0.1) is 5.92 Å². The van der Waals surface area contributed by atoms with Crippen LogP contribution in [-0.2, 0) is 16.1 Å². The number of aliphatic imine (C=N–C) groups is 1. The van der Waals surface area contributed by atoms with E-state index < -0.39 is 0 Å². The molecule has 27 heavy (non-hydrogen) atoms. The lowest BCUT2D eigenvalue weighted by molar-refractivity contribution is -0.149. The number of rotatable bonds is 8. The summed E-state index contributed by atoms with van der Waals surface area (Å²) in [4.78, 5) is 30.5. The van der Waals surface area contributed by atoms with E-state index in [1.165, 1.54) is 0 Å². The fourth-order valence-corrected chi connectivity index (χ4v) is 3.24. The normalized spacial score (nSPS) is 15.6. The molecule has 1 aliphatic rings. The number of nitrogens with one attached hydrogen (secondary N) is 1. The minimum absolute atomic E-state index is 0.00765. The molecule has 1 fully saturated rings. The van der Waals surface area contributed by atoms with Crippen molar-refractivity contribution in [1.82, 2.24) is 14.8 Å². The third-order valence-electron chi connectivity index (χ3n) is 4.72. The molecular weight excluding hydrogens is 344 g/mol. The smallest absolute Gasteiger partial charge is 0.309 e. The highest BCUT2D eigenvalue weighted by molar-refractivity contribution is 5.80. The van der Waals surface area contributed by atoms with Crippen molar-refractivity contribution >= 4 is 11.9 Å². The lowest BCUT2D eigenvalue weighted by Gasteiger charge is -2.33. The fraction of sp³-hybridized carbons (Fsp3) is 0.650. The predicted molar refractivity (Wildman–Crippen MR) is 107 cm³/mol. The molecule has 1 aliphatic heterocycles. The molecular formula is C20H32N4O3. The third-order valence-corrected chi connectivity index (χ3v) is 4.72. The van der Waals surface area contributed by atoms with Crippen LogP contribution >= 0.6 is 0 Å². The average Bonchev–Trinajstić information content (AvgIpc) is 2.68. The molecule has 0 amide bonds. The number of unbranched alkanes of at least 4 members (excludes halogenated alkanes) is 1. The Morgan fingerprint density at radius 1 is 1.26 bits per heavy atom. The van der Waals surface area contributed by atoms with Crippen LogP contribution in [0.2, 0.25) is 0 Å². The van der Waals surface area contributed by atoms with Gasteiger partial charge >= 0.3 is 5.97 Å². The van der Waals surface area contributed by atoms with Crippen molar-refractivity contribution in [3.05, 3.63) is 34.7 Å². The molecule has 0 spiro atoms. The molecule has 0 unspecified atom stereocenters. The number of carbonyl (C=O) groups is 1. The van der Waals surface area contributed by atoms with Crippen molar-refractivity contribution in [2.45, 2.75) is 46.1 Å². The van der Waals surface area contributed by atoms with Gasteiger partial charge in [0.05, 0.1) is 12.5 Å². The number of carbonyl (C=O) groups excluding carboxylic acids is 1. The lowest BCUT2D eigenvalue weighted by atomic mass is 9.97. The maximum absolute atomic E-state index is 11.9. The van der Waals surface area contributed by atoms with Gasteiger partial charge in [0.1, 0.15) is 0 Å².